The van der Waals surface area contributed by atoms with Crippen molar-refractivity contribution in [3.05, 3.63) is 12.4 Å². The molecule has 1 aromatic heterocycles. The van der Waals surface area contributed by atoms with Gasteiger partial charge in [0.25, 0.3) is 0 Å². The Morgan fingerprint density at radius 3 is 2.83 bits per heavy atom. The molecule has 0 saturated carbocycles. The monoisotopic (exact) mass is 192 g/mol. The Morgan fingerprint density at radius 1 is 1.67 bits per heavy atom. The number of nitrogens with zero attached hydrogens (tertiary/aromatic N) is 2. The SMILES string of the molecule is CS(=O)(=O)c1nccn1CCF. The van der Waals surface area contributed by atoms with Gasteiger partial charge in [-0.05, 0) is 0 Å². The molecular formula is C6H9FN2O2S. The summed E-state index contributed by atoms with van der Waals surface area (Å²) in [5, 5.41) is -0.0832. The van der Waals surface area contributed by atoms with Crippen LogP contribution in [0.1, 0.15) is 0 Å². The van der Waals surface area contributed by atoms with Crippen LogP contribution in [0.5, 0.6) is 0 Å². The summed E-state index contributed by atoms with van der Waals surface area (Å²) in [7, 11) is -3.33. The smallest absolute Gasteiger partial charge is 0.227 e. The zero-order chi connectivity index (χ0) is 9.19. The fourth-order valence-electron chi connectivity index (χ4n) is 0.885. The molecule has 0 unspecified atom stereocenters. The van der Waals surface area contributed by atoms with E-state index < -0.39 is 16.5 Å². The van der Waals surface area contributed by atoms with E-state index in [0.29, 0.717) is 0 Å². The Morgan fingerprint density at radius 2 is 2.33 bits per heavy atom. The molecule has 0 aliphatic carbocycles. The minimum absolute atomic E-state index is 0.0302. The standard InChI is InChI=1S/C6H9FN2O2S/c1-12(10,11)6-8-3-5-9(6)4-2-7/h3,5H,2,4H2,1H3. The van der Waals surface area contributed by atoms with Crippen LogP contribution in [0.2, 0.25) is 0 Å². The number of sulfone groups is 1. The van der Waals surface area contributed by atoms with Gasteiger partial charge < -0.3 is 4.57 Å². The van der Waals surface area contributed by atoms with Crippen molar-refractivity contribution in [2.24, 2.45) is 0 Å². The molecule has 0 N–H and O–H groups in total. The predicted octanol–water partition coefficient (Wildman–Crippen LogP) is 0.256. The van der Waals surface area contributed by atoms with Crippen LogP contribution in [0.3, 0.4) is 0 Å². The maximum atomic E-state index is 11.9. The van der Waals surface area contributed by atoms with Gasteiger partial charge in [0.1, 0.15) is 6.67 Å². The Balaban J connectivity index is 3.08. The molecular weight excluding hydrogens is 183 g/mol. The van der Waals surface area contributed by atoms with E-state index in [4.69, 9.17) is 0 Å². The number of aromatic nitrogens is 2. The number of alkyl halides is 1. The lowest BCUT2D eigenvalue weighted by molar-refractivity contribution is 0.429. The molecule has 1 aromatic rings. The molecule has 0 aliphatic heterocycles. The molecule has 0 amide bonds. The molecule has 0 aromatic carbocycles. The predicted molar refractivity (Wildman–Crippen MR) is 41.3 cm³/mol. The fraction of sp³-hybridized carbons (Fsp3) is 0.500. The maximum absolute atomic E-state index is 11.9. The Bertz CT molecular complexity index is 357. The molecule has 0 atom stereocenters. The van der Waals surface area contributed by atoms with Gasteiger partial charge in [-0.3, -0.25) is 0 Å². The van der Waals surface area contributed by atoms with E-state index in [1.165, 1.54) is 17.0 Å². The van der Waals surface area contributed by atoms with E-state index in [-0.39, 0.29) is 11.7 Å². The van der Waals surface area contributed by atoms with E-state index in [9.17, 15) is 12.8 Å². The largest absolute Gasteiger partial charge is 0.319 e. The summed E-state index contributed by atoms with van der Waals surface area (Å²) in [4.78, 5) is 3.61. The van der Waals surface area contributed by atoms with Crippen LogP contribution in [-0.2, 0) is 16.4 Å². The van der Waals surface area contributed by atoms with Gasteiger partial charge in [-0.1, -0.05) is 0 Å². The number of imidazole rings is 1. The van der Waals surface area contributed by atoms with Gasteiger partial charge in [0.05, 0.1) is 6.54 Å². The van der Waals surface area contributed by atoms with Crippen LogP contribution in [0.25, 0.3) is 0 Å². The average molecular weight is 192 g/mol. The first-order valence-corrected chi connectivity index (χ1v) is 5.22. The fourth-order valence-corrected chi connectivity index (χ4v) is 1.72. The summed E-state index contributed by atoms with van der Waals surface area (Å²) >= 11 is 0. The van der Waals surface area contributed by atoms with Crippen LogP contribution in [0.15, 0.2) is 17.6 Å². The minimum Gasteiger partial charge on any atom is -0.319 e. The summed E-state index contributed by atoms with van der Waals surface area (Å²) in [5.41, 5.74) is 0. The van der Waals surface area contributed by atoms with Crippen LogP contribution in [0.4, 0.5) is 4.39 Å². The van der Waals surface area contributed by atoms with E-state index in [2.05, 4.69) is 4.98 Å². The van der Waals surface area contributed by atoms with Gasteiger partial charge in [0.2, 0.25) is 15.0 Å². The first-order chi connectivity index (χ1) is 5.55. The lowest BCUT2D eigenvalue weighted by Crippen LogP contribution is -2.09. The molecule has 4 nitrogen and oxygen atoms in total. The summed E-state index contributed by atoms with van der Waals surface area (Å²) in [6.45, 7) is -0.568. The average Bonchev–Trinajstić information content (AvgIpc) is 2.34. The van der Waals surface area contributed by atoms with Crippen molar-refractivity contribution >= 4 is 9.84 Å². The van der Waals surface area contributed by atoms with Crippen molar-refractivity contribution in [2.75, 3.05) is 12.9 Å². The van der Waals surface area contributed by atoms with Crippen molar-refractivity contribution < 1.29 is 12.8 Å². The van der Waals surface area contributed by atoms with Gasteiger partial charge >= 0.3 is 0 Å². The lowest BCUT2D eigenvalue weighted by Gasteiger charge is -2.01. The van der Waals surface area contributed by atoms with Crippen molar-refractivity contribution in [3.63, 3.8) is 0 Å². The van der Waals surface area contributed by atoms with Crippen LogP contribution in [-0.4, -0.2) is 30.9 Å². The zero-order valence-electron chi connectivity index (χ0n) is 6.57. The van der Waals surface area contributed by atoms with Gasteiger partial charge in [0.15, 0.2) is 0 Å². The normalized spacial score (nSPS) is 11.8. The molecule has 0 spiro atoms. The first-order valence-electron chi connectivity index (χ1n) is 3.33. The molecule has 0 aliphatic rings. The molecule has 0 fully saturated rings. The van der Waals surface area contributed by atoms with E-state index >= 15 is 0 Å². The van der Waals surface area contributed by atoms with Crippen LogP contribution < -0.4 is 0 Å². The molecule has 12 heavy (non-hydrogen) atoms. The summed E-state index contributed by atoms with van der Waals surface area (Å²) in [6, 6.07) is 0. The lowest BCUT2D eigenvalue weighted by atomic mass is 10.7. The second-order valence-corrected chi connectivity index (χ2v) is 4.27. The highest BCUT2D eigenvalue weighted by atomic mass is 32.2. The van der Waals surface area contributed by atoms with E-state index in [1.807, 2.05) is 0 Å². The Kier molecular flexibility index (Phi) is 2.46. The Hall–Kier alpha value is -0.910. The molecule has 1 rings (SSSR count). The second-order valence-electron chi connectivity index (χ2n) is 2.36. The number of halogens is 1. The zero-order valence-corrected chi connectivity index (χ0v) is 7.38. The highest BCUT2D eigenvalue weighted by molar-refractivity contribution is 7.90. The molecule has 0 saturated heterocycles. The van der Waals surface area contributed by atoms with Crippen molar-refractivity contribution in [3.8, 4) is 0 Å². The molecule has 1 heterocycles. The maximum Gasteiger partial charge on any atom is 0.227 e. The first kappa shape index (κ1) is 9.18. The third kappa shape index (κ3) is 1.82. The van der Waals surface area contributed by atoms with Gasteiger partial charge in [-0.15, -0.1) is 0 Å². The van der Waals surface area contributed by atoms with E-state index in [1.54, 1.807) is 0 Å². The molecule has 68 valence electrons. The van der Waals surface area contributed by atoms with Crippen LogP contribution >= 0.6 is 0 Å². The highest BCUT2D eigenvalue weighted by Crippen LogP contribution is 2.05. The topological polar surface area (TPSA) is 52.0 Å². The third-order valence-corrected chi connectivity index (χ3v) is 2.34. The quantitative estimate of drug-likeness (QED) is 0.690. The summed E-state index contributed by atoms with van der Waals surface area (Å²) in [5.74, 6) is 0. The Labute approximate surface area is 70.0 Å². The molecule has 0 radical (unpaired) electrons. The van der Waals surface area contributed by atoms with Crippen LogP contribution in [0, 0.1) is 0 Å². The highest BCUT2D eigenvalue weighted by Gasteiger charge is 2.13. The number of rotatable bonds is 3. The van der Waals surface area contributed by atoms with E-state index in [0.717, 1.165) is 6.26 Å². The number of aryl methyl sites for hydroxylation is 1. The summed E-state index contributed by atoms with van der Waals surface area (Å²) in [6.07, 6.45) is 3.83. The molecule has 6 heteroatoms. The third-order valence-electron chi connectivity index (χ3n) is 1.33. The van der Waals surface area contributed by atoms with Gasteiger partial charge in [-0.2, -0.15) is 0 Å². The minimum atomic E-state index is -3.33. The second kappa shape index (κ2) is 3.22. The number of hydrogen-bond donors (Lipinski definition) is 0. The summed E-state index contributed by atoms with van der Waals surface area (Å²) < 4.78 is 35.1. The molecule has 0 bridgehead atoms. The van der Waals surface area contributed by atoms with Crippen molar-refractivity contribution in [1.82, 2.24) is 9.55 Å². The van der Waals surface area contributed by atoms with Gasteiger partial charge in [-0.25, -0.2) is 17.8 Å². The van der Waals surface area contributed by atoms with Gasteiger partial charge in [0, 0.05) is 18.6 Å². The van der Waals surface area contributed by atoms with Crippen molar-refractivity contribution in [2.45, 2.75) is 11.7 Å². The van der Waals surface area contributed by atoms with Crippen molar-refractivity contribution in [1.29, 1.82) is 0 Å². The number of hydrogen-bond acceptors (Lipinski definition) is 3.